The predicted octanol–water partition coefficient (Wildman–Crippen LogP) is 0.775. The number of hydrogen-bond acceptors (Lipinski definition) is 4. The number of hydrogen-bond donors (Lipinski definition) is 2. The highest BCUT2D eigenvalue weighted by molar-refractivity contribution is 14.0. The Bertz CT molecular complexity index is 548. The molecule has 0 atom stereocenters. The first-order chi connectivity index (χ1) is 10.3. The van der Waals surface area contributed by atoms with Gasteiger partial charge in [0.15, 0.2) is 5.96 Å². The number of guanidine groups is 1. The molecule has 9 heteroatoms. The van der Waals surface area contributed by atoms with Crippen molar-refractivity contribution in [2.75, 3.05) is 13.1 Å². The van der Waals surface area contributed by atoms with E-state index in [2.05, 4.69) is 30.8 Å². The third-order valence-corrected chi connectivity index (χ3v) is 2.94. The summed E-state index contributed by atoms with van der Waals surface area (Å²) in [6, 6.07) is 1.93. The van der Waals surface area contributed by atoms with Crippen LogP contribution >= 0.6 is 24.0 Å². The maximum Gasteiger partial charge on any atom is 0.191 e. The fourth-order valence-corrected chi connectivity index (χ4v) is 1.84. The van der Waals surface area contributed by atoms with Gasteiger partial charge in [-0.05, 0) is 19.4 Å². The Morgan fingerprint density at radius 1 is 1.32 bits per heavy atom. The van der Waals surface area contributed by atoms with Crippen LogP contribution in [0.25, 0.3) is 0 Å². The van der Waals surface area contributed by atoms with Gasteiger partial charge in [-0.2, -0.15) is 10.2 Å². The average molecular weight is 418 g/mol. The second kappa shape index (κ2) is 10.1. The molecular weight excluding hydrogens is 395 g/mol. The monoisotopic (exact) mass is 418 g/mol. The van der Waals surface area contributed by atoms with E-state index in [1.165, 1.54) is 6.33 Å². The number of aliphatic imine (C=N–C) groups is 1. The Kier molecular flexibility index (Phi) is 8.48. The van der Waals surface area contributed by atoms with Crippen LogP contribution in [0.3, 0.4) is 0 Å². The first-order valence-electron chi connectivity index (χ1n) is 7.12. The molecule has 0 saturated carbocycles. The van der Waals surface area contributed by atoms with E-state index in [0.29, 0.717) is 6.54 Å². The summed E-state index contributed by atoms with van der Waals surface area (Å²) >= 11 is 0. The quantitative estimate of drug-likeness (QED) is 0.301. The number of nitrogens with one attached hydrogen (secondary N) is 2. The van der Waals surface area contributed by atoms with Gasteiger partial charge in [-0.1, -0.05) is 0 Å². The van der Waals surface area contributed by atoms with E-state index < -0.39 is 0 Å². The van der Waals surface area contributed by atoms with Crippen molar-refractivity contribution in [2.24, 2.45) is 12.0 Å². The summed E-state index contributed by atoms with van der Waals surface area (Å²) in [4.78, 5) is 8.66. The van der Waals surface area contributed by atoms with E-state index in [0.717, 1.165) is 37.8 Å². The lowest BCUT2D eigenvalue weighted by Gasteiger charge is -2.11. The van der Waals surface area contributed by atoms with Gasteiger partial charge in [-0.25, -0.2) is 9.98 Å². The van der Waals surface area contributed by atoms with Gasteiger partial charge in [0.25, 0.3) is 0 Å². The Hall–Kier alpha value is -1.65. The second-order valence-electron chi connectivity index (χ2n) is 4.54. The predicted molar refractivity (Wildman–Crippen MR) is 96.1 cm³/mol. The molecule has 2 N–H and O–H groups in total. The van der Waals surface area contributed by atoms with Gasteiger partial charge in [0.1, 0.15) is 18.7 Å². The summed E-state index contributed by atoms with van der Waals surface area (Å²) in [6.07, 6.45) is 6.28. The smallest absolute Gasteiger partial charge is 0.191 e. The molecule has 0 amide bonds. The van der Waals surface area contributed by atoms with Gasteiger partial charge in [0, 0.05) is 39.1 Å². The molecule has 0 fully saturated rings. The Morgan fingerprint density at radius 3 is 2.82 bits per heavy atom. The van der Waals surface area contributed by atoms with Gasteiger partial charge in [-0.3, -0.25) is 9.36 Å². The van der Waals surface area contributed by atoms with Crippen molar-refractivity contribution >= 4 is 29.9 Å². The molecule has 0 radical (unpaired) electrons. The molecule has 2 aromatic rings. The molecule has 0 aliphatic heterocycles. The number of aryl methyl sites for hydroxylation is 2. The van der Waals surface area contributed by atoms with Gasteiger partial charge < -0.3 is 10.6 Å². The van der Waals surface area contributed by atoms with Crippen molar-refractivity contribution in [2.45, 2.75) is 26.4 Å². The molecular formula is C13H23IN8. The molecule has 0 unspecified atom stereocenters. The largest absolute Gasteiger partial charge is 0.357 e. The fourth-order valence-electron chi connectivity index (χ4n) is 1.84. The highest BCUT2D eigenvalue weighted by Gasteiger charge is 2.01. The van der Waals surface area contributed by atoms with Gasteiger partial charge >= 0.3 is 0 Å². The van der Waals surface area contributed by atoms with E-state index in [4.69, 9.17) is 0 Å². The van der Waals surface area contributed by atoms with Crippen molar-refractivity contribution in [3.63, 3.8) is 0 Å². The van der Waals surface area contributed by atoms with Crippen LogP contribution in [0.4, 0.5) is 0 Å². The van der Waals surface area contributed by atoms with E-state index in [1.807, 2.05) is 30.9 Å². The topological polar surface area (TPSA) is 85.0 Å². The summed E-state index contributed by atoms with van der Waals surface area (Å²) in [7, 11) is 1.86. The third kappa shape index (κ3) is 6.00. The van der Waals surface area contributed by atoms with E-state index in [-0.39, 0.29) is 24.0 Å². The van der Waals surface area contributed by atoms with Crippen molar-refractivity contribution in [3.8, 4) is 0 Å². The summed E-state index contributed by atoms with van der Waals surface area (Å²) in [6.45, 7) is 5.10. The minimum Gasteiger partial charge on any atom is -0.357 e. The fraction of sp³-hybridized carbons (Fsp3) is 0.538. The Labute approximate surface area is 147 Å². The van der Waals surface area contributed by atoms with E-state index in [9.17, 15) is 0 Å². The maximum absolute atomic E-state index is 4.50. The van der Waals surface area contributed by atoms with Crippen LogP contribution < -0.4 is 10.6 Å². The second-order valence-corrected chi connectivity index (χ2v) is 4.54. The van der Waals surface area contributed by atoms with Crippen molar-refractivity contribution in [3.05, 3.63) is 30.6 Å². The Morgan fingerprint density at radius 2 is 2.18 bits per heavy atom. The molecule has 0 bridgehead atoms. The molecule has 22 heavy (non-hydrogen) atoms. The van der Waals surface area contributed by atoms with E-state index >= 15 is 0 Å². The molecule has 0 aliphatic carbocycles. The Balaban J connectivity index is 0.00000242. The molecule has 2 heterocycles. The highest BCUT2D eigenvalue weighted by Crippen LogP contribution is 1.93. The van der Waals surface area contributed by atoms with Crippen molar-refractivity contribution < 1.29 is 0 Å². The summed E-state index contributed by atoms with van der Waals surface area (Å²) in [5.41, 5.74) is 0. The molecule has 0 spiro atoms. The normalized spacial score (nSPS) is 11.1. The minimum atomic E-state index is 0. The zero-order chi connectivity index (χ0) is 14.9. The van der Waals surface area contributed by atoms with Crippen molar-refractivity contribution in [1.29, 1.82) is 0 Å². The zero-order valence-electron chi connectivity index (χ0n) is 12.9. The molecule has 0 aromatic carbocycles. The molecule has 8 nitrogen and oxygen atoms in total. The van der Waals surface area contributed by atoms with Crippen LogP contribution in [0.15, 0.2) is 29.8 Å². The zero-order valence-corrected chi connectivity index (χ0v) is 15.3. The van der Waals surface area contributed by atoms with Gasteiger partial charge in [-0.15, -0.1) is 24.0 Å². The van der Waals surface area contributed by atoms with Crippen LogP contribution in [-0.4, -0.2) is 43.6 Å². The molecule has 2 aromatic heterocycles. The highest BCUT2D eigenvalue weighted by atomic mass is 127. The summed E-state index contributed by atoms with van der Waals surface area (Å²) in [5.74, 6) is 1.63. The van der Waals surface area contributed by atoms with Crippen LogP contribution in [0.1, 0.15) is 19.2 Å². The number of rotatable bonds is 7. The van der Waals surface area contributed by atoms with Crippen molar-refractivity contribution in [1.82, 2.24) is 35.2 Å². The summed E-state index contributed by atoms with van der Waals surface area (Å²) < 4.78 is 3.65. The lowest BCUT2D eigenvalue weighted by atomic mass is 10.4. The lowest BCUT2D eigenvalue weighted by Crippen LogP contribution is -2.38. The van der Waals surface area contributed by atoms with Crippen LogP contribution in [0.5, 0.6) is 0 Å². The van der Waals surface area contributed by atoms with Crippen LogP contribution in [-0.2, 0) is 20.1 Å². The number of nitrogens with zero attached hydrogens (tertiary/aromatic N) is 6. The molecule has 2 rings (SSSR count). The average Bonchev–Trinajstić information content (AvgIpc) is 3.12. The molecule has 0 aliphatic rings. The summed E-state index contributed by atoms with van der Waals surface area (Å²) in [5, 5.41) is 14.7. The standard InChI is InChI=1S/C13H22N8.HI/c1-3-14-13(16-10-12-17-11-19-20(12)2)15-6-4-8-21-9-5-7-18-21;/h5,7,9,11H,3-4,6,8,10H2,1-2H3,(H2,14,15,16);1H. The van der Waals surface area contributed by atoms with Crippen LogP contribution in [0, 0.1) is 0 Å². The van der Waals surface area contributed by atoms with E-state index in [1.54, 1.807) is 10.9 Å². The molecule has 0 saturated heterocycles. The van der Waals surface area contributed by atoms with Crippen LogP contribution in [0.2, 0.25) is 0 Å². The molecule has 122 valence electrons. The first-order valence-corrected chi connectivity index (χ1v) is 7.12. The number of aromatic nitrogens is 5. The maximum atomic E-state index is 4.50. The lowest BCUT2D eigenvalue weighted by molar-refractivity contribution is 0.570. The third-order valence-electron chi connectivity index (χ3n) is 2.94. The SMILES string of the molecule is CCNC(=NCc1ncnn1C)NCCCn1cccn1.I. The minimum absolute atomic E-state index is 0. The first kappa shape index (κ1) is 18.4. The van der Waals surface area contributed by atoms with Gasteiger partial charge in [0.2, 0.25) is 0 Å². The van der Waals surface area contributed by atoms with Gasteiger partial charge in [0.05, 0.1) is 0 Å². The number of halogens is 1.